The van der Waals surface area contributed by atoms with E-state index in [-0.39, 0.29) is 24.1 Å². The summed E-state index contributed by atoms with van der Waals surface area (Å²) in [6, 6.07) is 12.6. The zero-order valence-electron chi connectivity index (χ0n) is 14.2. The second kappa shape index (κ2) is 8.82. The van der Waals surface area contributed by atoms with E-state index in [4.69, 9.17) is 4.74 Å². The number of methoxy groups -OCH3 is 1. The largest absolute Gasteiger partial charge is 0.497 e. The van der Waals surface area contributed by atoms with Gasteiger partial charge in [0, 0.05) is 5.56 Å². The highest BCUT2D eigenvalue weighted by Crippen LogP contribution is 2.19. The molecule has 0 aliphatic heterocycles. The maximum Gasteiger partial charge on any atom is 0.251 e. The molecule has 0 radical (unpaired) electrons. The maximum absolute atomic E-state index is 13.1. The van der Waals surface area contributed by atoms with E-state index in [0.29, 0.717) is 6.42 Å². The van der Waals surface area contributed by atoms with E-state index in [0.717, 1.165) is 17.4 Å². The summed E-state index contributed by atoms with van der Waals surface area (Å²) in [5.41, 5.74) is 1.13. The fourth-order valence-electron chi connectivity index (χ4n) is 2.40. The topological polar surface area (TPSA) is 67.4 Å². The fraction of sp³-hybridized carbons (Fsp3) is 0.263. The van der Waals surface area contributed by atoms with Crippen LogP contribution >= 0.6 is 0 Å². The number of halogens is 1. The summed E-state index contributed by atoms with van der Waals surface area (Å²) in [5.74, 6) is -0.561. The summed E-state index contributed by atoms with van der Waals surface area (Å²) in [7, 11) is 1.59. The van der Waals surface area contributed by atoms with Crippen molar-refractivity contribution in [3.05, 3.63) is 65.5 Å². The molecule has 0 aromatic heterocycles. The molecule has 25 heavy (non-hydrogen) atoms. The van der Waals surface area contributed by atoms with Crippen molar-refractivity contribution in [2.45, 2.75) is 19.4 Å². The van der Waals surface area contributed by atoms with Crippen LogP contribution in [-0.4, -0.2) is 25.5 Å². The van der Waals surface area contributed by atoms with Gasteiger partial charge in [-0.2, -0.15) is 0 Å². The average Bonchev–Trinajstić information content (AvgIpc) is 2.64. The molecule has 2 N–H and O–H groups in total. The Morgan fingerprint density at radius 1 is 1.16 bits per heavy atom. The van der Waals surface area contributed by atoms with Gasteiger partial charge in [-0.1, -0.05) is 25.1 Å². The summed E-state index contributed by atoms with van der Waals surface area (Å²) in [5, 5.41) is 5.36. The Morgan fingerprint density at radius 3 is 2.48 bits per heavy atom. The van der Waals surface area contributed by atoms with Crippen LogP contribution in [0.3, 0.4) is 0 Å². The minimum Gasteiger partial charge on any atom is -0.497 e. The van der Waals surface area contributed by atoms with Crippen molar-refractivity contribution >= 4 is 11.8 Å². The predicted molar refractivity (Wildman–Crippen MR) is 92.9 cm³/mol. The molecule has 2 aromatic carbocycles. The third-order valence-corrected chi connectivity index (χ3v) is 3.76. The van der Waals surface area contributed by atoms with Crippen LogP contribution in [0.2, 0.25) is 0 Å². The first-order valence-corrected chi connectivity index (χ1v) is 8.00. The third kappa shape index (κ3) is 5.31. The van der Waals surface area contributed by atoms with Gasteiger partial charge in [0.1, 0.15) is 11.6 Å². The highest BCUT2D eigenvalue weighted by Gasteiger charge is 2.14. The molecule has 0 saturated heterocycles. The molecule has 0 aliphatic rings. The van der Waals surface area contributed by atoms with E-state index in [2.05, 4.69) is 10.6 Å². The van der Waals surface area contributed by atoms with E-state index >= 15 is 0 Å². The molecule has 1 atom stereocenters. The standard InChI is InChI=1S/C19H21FN2O3/c1-3-17(13-7-9-16(25-2)10-8-13)22-18(23)12-21-19(24)14-5-4-6-15(20)11-14/h4-11,17H,3,12H2,1-2H3,(H,21,24)(H,22,23). The van der Waals surface area contributed by atoms with Crippen LogP contribution in [0.1, 0.15) is 35.3 Å². The monoisotopic (exact) mass is 344 g/mol. The lowest BCUT2D eigenvalue weighted by molar-refractivity contribution is -0.120. The van der Waals surface area contributed by atoms with Crippen molar-refractivity contribution in [2.75, 3.05) is 13.7 Å². The first-order valence-electron chi connectivity index (χ1n) is 8.00. The van der Waals surface area contributed by atoms with Crippen molar-refractivity contribution < 1.29 is 18.7 Å². The van der Waals surface area contributed by atoms with Gasteiger partial charge in [0.25, 0.3) is 5.91 Å². The van der Waals surface area contributed by atoms with Crippen molar-refractivity contribution in [1.82, 2.24) is 10.6 Å². The summed E-state index contributed by atoms with van der Waals surface area (Å²) in [6.45, 7) is 1.78. The Hall–Kier alpha value is -2.89. The first kappa shape index (κ1) is 18.4. The molecule has 0 saturated carbocycles. The molecule has 2 aromatic rings. The molecule has 5 nitrogen and oxygen atoms in total. The lowest BCUT2D eigenvalue weighted by atomic mass is 10.0. The van der Waals surface area contributed by atoms with Crippen LogP contribution in [0, 0.1) is 5.82 Å². The Kier molecular flexibility index (Phi) is 6.51. The van der Waals surface area contributed by atoms with Gasteiger partial charge in [0.2, 0.25) is 5.91 Å². The Morgan fingerprint density at radius 2 is 1.88 bits per heavy atom. The zero-order chi connectivity index (χ0) is 18.2. The molecule has 0 spiro atoms. The zero-order valence-corrected chi connectivity index (χ0v) is 14.2. The van der Waals surface area contributed by atoms with Crippen LogP contribution in [0.25, 0.3) is 0 Å². The van der Waals surface area contributed by atoms with E-state index in [1.165, 1.54) is 18.2 Å². The Labute approximate surface area is 146 Å². The van der Waals surface area contributed by atoms with Crippen molar-refractivity contribution in [2.24, 2.45) is 0 Å². The van der Waals surface area contributed by atoms with E-state index in [1.807, 2.05) is 31.2 Å². The first-order chi connectivity index (χ1) is 12.0. The molecule has 2 amide bonds. The SMILES string of the molecule is CCC(NC(=O)CNC(=O)c1cccc(F)c1)c1ccc(OC)cc1. The van der Waals surface area contributed by atoms with Crippen LogP contribution in [0.15, 0.2) is 48.5 Å². The second-order valence-electron chi connectivity index (χ2n) is 5.49. The molecule has 6 heteroatoms. The van der Waals surface area contributed by atoms with Gasteiger partial charge in [0.05, 0.1) is 19.7 Å². The maximum atomic E-state index is 13.1. The quantitative estimate of drug-likeness (QED) is 0.812. The van der Waals surface area contributed by atoms with Gasteiger partial charge < -0.3 is 15.4 Å². The Bertz CT molecular complexity index is 732. The van der Waals surface area contributed by atoms with E-state index < -0.39 is 11.7 Å². The molecule has 0 fully saturated rings. The van der Waals surface area contributed by atoms with Crippen LogP contribution in [0.5, 0.6) is 5.75 Å². The van der Waals surface area contributed by atoms with Crippen LogP contribution in [0.4, 0.5) is 4.39 Å². The molecule has 2 rings (SSSR count). The number of hydrogen-bond acceptors (Lipinski definition) is 3. The van der Waals surface area contributed by atoms with Gasteiger partial charge in [-0.05, 0) is 42.3 Å². The highest BCUT2D eigenvalue weighted by atomic mass is 19.1. The highest BCUT2D eigenvalue weighted by molar-refractivity contribution is 5.96. The third-order valence-electron chi connectivity index (χ3n) is 3.76. The Balaban J connectivity index is 1.90. The van der Waals surface area contributed by atoms with Crippen molar-refractivity contribution in [1.29, 1.82) is 0 Å². The van der Waals surface area contributed by atoms with Crippen molar-refractivity contribution in [3.8, 4) is 5.75 Å². The number of amides is 2. The average molecular weight is 344 g/mol. The second-order valence-corrected chi connectivity index (χ2v) is 5.49. The number of carbonyl (C=O) groups excluding carboxylic acids is 2. The van der Waals surface area contributed by atoms with Gasteiger partial charge in [0.15, 0.2) is 0 Å². The van der Waals surface area contributed by atoms with Crippen LogP contribution in [-0.2, 0) is 4.79 Å². The van der Waals surface area contributed by atoms with Gasteiger partial charge in [-0.25, -0.2) is 4.39 Å². The molecule has 0 bridgehead atoms. The fourth-order valence-corrected chi connectivity index (χ4v) is 2.40. The number of nitrogens with one attached hydrogen (secondary N) is 2. The summed E-state index contributed by atoms with van der Waals surface area (Å²) >= 11 is 0. The number of rotatable bonds is 7. The smallest absolute Gasteiger partial charge is 0.251 e. The lowest BCUT2D eigenvalue weighted by Gasteiger charge is -2.18. The normalized spacial score (nSPS) is 11.5. The molecular formula is C19H21FN2O3. The molecule has 0 aliphatic carbocycles. The van der Waals surface area contributed by atoms with E-state index in [9.17, 15) is 14.0 Å². The molecular weight excluding hydrogens is 323 g/mol. The lowest BCUT2D eigenvalue weighted by Crippen LogP contribution is -2.38. The number of hydrogen-bond donors (Lipinski definition) is 2. The van der Waals surface area contributed by atoms with Crippen LogP contribution < -0.4 is 15.4 Å². The minimum absolute atomic E-state index is 0.163. The number of carbonyl (C=O) groups is 2. The molecule has 1 unspecified atom stereocenters. The summed E-state index contributed by atoms with van der Waals surface area (Å²) < 4.78 is 18.2. The molecule has 0 heterocycles. The molecule has 132 valence electrons. The summed E-state index contributed by atoms with van der Waals surface area (Å²) in [4.78, 5) is 24.0. The number of benzene rings is 2. The van der Waals surface area contributed by atoms with E-state index in [1.54, 1.807) is 7.11 Å². The predicted octanol–water partition coefficient (Wildman–Crippen LogP) is 2.83. The van der Waals surface area contributed by atoms with Gasteiger partial charge in [-0.3, -0.25) is 9.59 Å². The summed E-state index contributed by atoms with van der Waals surface area (Å²) in [6.07, 6.45) is 0.704. The van der Waals surface area contributed by atoms with Crippen molar-refractivity contribution in [3.63, 3.8) is 0 Å². The minimum atomic E-state index is -0.498. The van der Waals surface area contributed by atoms with Gasteiger partial charge in [-0.15, -0.1) is 0 Å². The van der Waals surface area contributed by atoms with Gasteiger partial charge >= 0.3 is 0 Å². The number of ether oxygens (including phenoxy) is 1.